The van der Waals surface area contributed by atoms with Crippen molar-refractivity contribution < 1.29 is 24.2 Å². The maximum atomic E-state index is 12.6. The number of nitrogens with zero attached hydrogens (tertiary/aromatic N) is 1. The van der Waals surface area contributed by atoms with Crippen molar-refractivity contribution in [2.45, 2.75) is 32.1 Å². The topological polar surface area (TPSA) is 108 Å². The van der Waals surface area contributed by atoms with Crippen molar-refractivity contribution in [2.75, 3.05) is 38.7 Å². The molecule has 1 aromatic carbocycles. The lowest BCUT2D eigenvalue weighted by molar-refractivity contribution is -0.136. The molecule has 0 unspecified atom stereocenters. The lowest BCUT2D eigenvalue weighted by Crippen LogP contribution is -2.31. The number of carbonyl (C=O) groups is 3. The Labute approximate surface area is 181 Å². The van der Waals surface area contributed by atoms with Crippen LogP contribution in [0.1, 0.15) is 42.5 Å². The van der Waals surface area contributed by atoms with Gasteiger partial charge in [-0.15, -0.1) is 0 Å². The van der Waals surface area contributed by atoms with E-state index in [9.17, 15) is 14.4 Å². The summed E-state index contributed by atoms with van der Waals surface area (Å²) in [6.45, 7) is 0.544. The van der Waals surface area contributed by atoms with Crippen LogP contribution < -0.4 is 10.6 Å². The van der Waals surface area contributed by atoms with E-state index >= 15 is 0 Å². The molecule has 8 heteroatoms. The first-order valence-corrected chi connectivity index (χ1v) is 10.6. The van der Waals surface area contributed by atoms with Crippen molar-refractivity contribution in [3.05, 3.63) is 52.7 Å². The molecule has 3 rings (SSSR count). The van der Waals surface area contributed by atoms with Crippen molar-refractivity contribution >= 4 is 23.5 Å². The number of hydrogen-bond acceptors (Lipinski definition) is 6. The average molecular weight is 428 g/mol. The molecule has 166 valence electrons. The highest BCUT2D eigenvalue weighted by Gasteiger charge is 2.34. The van der Waals surface area contributed by atoms with Crippen LogP contribution in [-0.4, -0.2) is 61.1 Å². The van der Waals surface area contributed by atoms with Crippen molar-refractivity contribution in [3.63, 3.8) is 0 Å². The zero-order chi connectivity index (χ0) is 22.2. The molecule has 0 saturated carbocycles. The lowest BCUT2D eigenvalue weighted by atomic mass is 9.97. The van der Waals surface area contributed by atoms with Gasteiger partial charge in [-0.3, -0.25) is 9.59 Å². The second-order valence-corrected chi connectivity index (χ2v) is 7.62. The Bertz CT molecular complexity index is 906. The summed E-state index contributed by atoms with van der Waals surface area (Å²) >= 11 is 0. The molecule has 0 aromatic heterocycles. The van der Waals surface area contributed by atoms with E-state index in [4.69, 9.17) is 9.84 Å². The van der Waals surface area contributed by atoms with Crippen molar-refractivity contribution in [3.8, 4) is 0 Å². The second-order valence-electron chi connectivity index (χ2n) is 7.62. The zero-order valence-electron chi connectivity index (χ0n) is 17.8. The molecule has 2 aliphatic rings. The first-order chi connectivity index (χ1) is 15.0. The predicted octanol–water partition coefficient (Wildman–Crippen LogP) is 1.98. The molecule has 1 aromatic rings. The quantitative estimate of drug-likeness (QED) is 0.411. The van der Waals surface area contributed by atoms with E-state index in [2.05, 4.69) is 16.7 Å². The summed E-state index contributed by atoms with van der Waals surface area (Å²) in [5.41, 5.74) is 2.66. The van der Waals surface area contributed by atoms with Crippen LogP contribution in [0.2, 0.25) is 0 Å². The van der Waals surface area contributed by atoms with Crippen LogP contribution in [0.4, 0.5) is 5.69 Å². The Hall–Kier alpha value is -3.13. The van der Waals surface area contributed by atoms with Gasteiger partial charge in [0.1, 0.15) is 5.70 Å². The number of β-amino-alcohol motifs (C(OH)–C–C–N with tert-alkyl or cyclic N) is 1. The third-order valence-corrected chi connectivity index (χ3v) is 5.46. The van der Waals surface area contributed by atoms with Crippen LogP contribution in [0.25, 0.3) is 0 Å². The number of esters is 1. The summed E-state index contributed by atoms with van der Waals surface area (Å²) < 4.78 is 4.79. The van der Waals surface area contributed by atoms with Gasteiger partial charge in [-0.1, -0.05) is 17.7 Å². The number of benzene rings is 1. The van der Waals surface area contributed by atoms with E-state index in [1.54, 1.807) is 24.3 Å². The van der Waals surface area contributed by atoms with E-state index in [1.807, 2.05) is 0 Å². The fourth-order valence-electron chi connectivity index (χ4n) is 3.80. The Morgan fingerprint density at radius 3 is 2.81 bits per heavy atom. The molecular weight excluding hydrogens is 398 g/mol. The third-order valence-electron chi connectivity index (χ3n) is 5.46. The second kappa shape index (κ2) is 10.8. The highest BCUT2D eigenvalue weighted by atomic mass is 16.5. The lowest BCUT2D eigenvalue weighted by Gasteiger charge is -2.15. The van der Waals surface area contributed by atoms with E-state index in [-0.39, 0.29) is 36.9 Å². The molecule has 31 heavy (non-hydrogen) atoms. The number of methoxy groups -OCH3 is 1. The number of aliphatic hydroxyl groups is 1. The third kappa shape index (κ3) is 5.73. The molecule has 0 saturated heterocycles. The van der Waals surface area contributed by atoms with Gasteiger partial charge in [-0.2, -0.15) is 0 Å². The van der Waals surface area contributed by atoms with Gasteiger partial charge in [0, 0.05) is 24.3 Å². The van der Waals surface area contributed by atoms with Crippen LogP contribution in [-0.2, 0) is 14.3 Å². The normalized spacial score (nSPS) is 16.3. The van der Waals surface area contributed by atoms with E-state index in [1.165, 1.54) is 30.4 Å². The SMILES string of the molecule is COC(=O)C1=C(Nc2cccc(C(=O)NCCC3=CCCCC3)c2)C(=O)N(CCO)C1. The standard InChI is InChI=1S/C23H29N3O5/c1-31-23(30)19-15-26(12-13-27)22(29)20(19)25-18-9-5-8-17(14-18)21(28)24-11-10-16-6-3-2-4-7-16/h5-6,8-9,14,25,27H,2-4,7,10-13,15H2,1H3,(H,24,28). The number of rotatable bonds is 9. The van der Waals surface area contributed by atoms with E-state index in [0.717, 1.165) is 19.3 Å². The number of carbonyl (C=O) groups excluding carboxylic acids is 3. The number of hydrogen-bond donors (Lipinski definition) is 3. The monoisotopic (exact) mass is 427 g/mol. The predicted molar refractivity (Wildman–Crippen MR) is 116 cm³/mol. The van der Waals surface area contributed by atoms with Gasteiger partial charge in [0.25, 0.3) is 11.8 Å². The minimum atomic E-state index is -0.609. The Kier molecular flexibility index (Phi) is 7.83. The molecule has 0 bridgehead atoms. The van der Waals surface area contributed by atoms with Crippen LogP contribution in [0.3, 0.4) is 0 Å². The molecule has 0 fully saturated rings. The van der Waals surface area contributed by atoms with Gasteiger partial charge < -0.3 is 25.4 Å². The summed E-state index contributed by atoms with van der Waals surface area (Å²) in [4.78, 5) is 38.7. The summed E-state index contributed by atoms with van der Waals surface area (Å²) in [5.74, 6) is -1.20. The molecular formula is C23H29N3O5. The Balaban J connectivity index is 1.67. The van der Waals surface area contributed by atoms with Crippen LogP contribution in [0.5, 0.6) is 0 Å². The molecule has 0 radical (unpaired) electrons. The zero-order valence-corrected chi connectivity index (χ0v) is 17.8. The highest BCUT2D eigenvalue weighted by Crippen LogP contribution is 2.23. The largest absolute Gasteiger partial charge is 0.466 e. The van der Waals surface area contributed by atoms with Gasteiger partial charge in [0.15, 0.2) is 0 Å². The van der Waals surface area contributed by atoms with Crippen LogP contribution in [0, 0.1) is 0 Å². The highest BCUT2D eigenvalue weighted by molar-refractivity contribution is 6.08. The van der Waals surface area contributed by atoms with Gasteiger partial charge in [-0.05, 0) is 50.3 Å². The molecule has 1 heterocycles. The fourth-order valence-corrected chi connectivity index (χ4v) is 3.80. The number of nitrogens with one attached hydrogen (secondary N) is 2. The minimum absolute atomic E-state index is 0.0599. The number of amides is 2. The van der Waals surface area contributed by atoms with Gasteiger partial charge in [0.2, 0.25) is 0 Å². The van der Waals surface area contributed by atoms with Gasteiger partial charge in [-0.25, -0.2) is 4.79 Å². The molecule has 2 amide bonds. The maximum absolute atomic E-state index is 12.6. The van der Waals surface area contributed by atoms with Crippen molar-refractivity contribution in [1.82, 2.24) is 10.2 Å². The smallest absolute Gasteiger partial charge is 0.337 e. The minimum Gasteiger partial charge on any atom is -0.466 e. The molecule has 8 nitrogen and oxygen atoms in total. The summed E-state index contributed by atoms with van der Waals surface area (Å²) in [7, 11) is 1.25. The molecule has 1 aliphatic heterocycles. The van der Waals surface area contributed by atoms with E-state index < -0.39 is 11.9 Å². The van der Waals surface area contributed by atoms with Crippen molar-refractivity contribution in [2.24, 2.45) is 0 Å². The molecule has 3 N–H and O–H groups in total. The number of ether oxygens (including phenoxy) is 1. The number of aliphatic hydroxyl groups excluding tert-OH is 1. The summed E-state index contributed by atoms with van der Waals surface area (Å²) in [6.07, 6.45) is 7.80. The Morgan fingerprint density at radius 1 is 1.26 bits per heavy atom. The fraction of sp³-hybridized carbons (Fsp3) is 0.435. The molecule has 0 spiro atoms. The van der Waals surface area contributed by atoms with E-state index in [0.29, 0.717) is 17.8 Å². The first kappa shape index (κ1) is 22.6. The number of anilines is 1. The number of allylic oxidation sites excluding steroid dienone is 1. The van der Waals surface area contributed by atoms with Gasteiger partial charge in [0.05, 0.1) is 25.8 Å². The van der Waals surface area contributed by atoms with Crippen molar-refractivity contribution in [1.29, 1.82) is 0 Å². The maximum Gasteiger partial charge on any atom is 0.337 e. The first-order valence-electron chi connectivity index (χ1n) is 10.6. The van der Waals surface area contributed by atoms with Crippen LogP contribution >= 0.6 is 0 Å². The summed E-state index contributed by atoms with van der Waals surface area (Å²) in [6, 6.07) is 6.77. The molecule has 0 atom stereocenters. The Morgan fingerprint density at radius 2 is 2.10 bits per heavy atom. The van der Waals surface area contributed by atoms with Crippen LogP contribution in [0.15, 0.2) is 47.2 Å². The average Bonchev–Trinajstić information content (AvgIpc) is 3.09. The van der Waals surface area contributed by atoms with Gasteiger partial charge >= 0.3 is 5.97 Å². The molecule has 1 aliphatic carbocycles. The summed E-state index contributed by atoms with van der Waals surface area (Å²) in [5, 5.41) is 15.1.